The molecule has 0 bridgehead atoms. The van der Waals surface area contributed by atoms with Gasteiger partial charge in [0.25, 0.3) is 5.91 Å². The summed E-state index contributed by atoms with van der Waals surface area (Å²) < 4.78 is 8.54. The van der Waals surface area contributed by atoms with E-state index in [4.69, 9.17) is 22.1 Å². The van der Waals surface area contributed by atoms with Crippen molar-refractivity contribution < 1.29 is 9.53 Å². The predicted molar refractivity (Wildman–Crippen MR) is 159 cm³/mol. The first-order valence-electron chi connectivity index (χ1n) is 12.8. The highest BCUT2D eigenvalue weighted by atomic mass is 32.2. The van der Waals surface area contributed by atoms with Crippen molar-refractivity contribution >= 4 is 40.3 Å². The number of nitrogens with zero attached hydrogens (tertiary/aromatic N) is 3. The van der Waals surface area contributed by atoms with E-state index in [9.17, 15) is 4.79 Å². The topological polar surface area (TPSA) is 47.4 Å². The summed E-state index contributed by atoms with van der Waals surface area (Å²) in [6.07, 6.45) is 7.00. The highest BCUT2D eigenvalue weighted by Crippen LogP contribution is 2.35. The summed E-state index contributed by atoms with van der Waals surface area (Å²) in [4.78, 5) is 15.6. The maximum atomic E-state index is 13.2. The molecule has 4 aromatic rings. The number of ether oxygens (including phenoxy) is 1. The van der Waals surface area contributed by atoms with Gasteiger partial charge in [0.2, 0.25) is 0 Å². The molecule has 1 amide bonds. The molecule has 1 aromatic heterocycles. The van der Waals surface area contributed by atoms with Gasteiger partial charge in [-0.15, -0.1) is 0 Å². The number of aromatic nitrogens is 2. The molecule has 0 unspecified atom stereocenters. The van der Waals surface area contributed by atoms with Crippen LogP contribution in [0.15, 0.2) is 96.0 Å². The van der Waals surface area contributed by atoms with E-state index in [0.717, 1.165) is 53.1 Å². The normalized spacial score (nSPS) is 14.4. The van der Waals surface area contributed by atoms with Crippen molar-refractivity contribution in [2.75, 3.05) is 6.54 Å². The fraction of sp³-hybridized carbons (Fsp3) is 0.194. The number of carbonyl (C=O) groups is 1. The average Bonchev–Trinajstić information content (AvgIpc) is 3.49. The van der Waals surface area contributed by atoms with Gasteiger partial charge >= 0.3 is 0 Å². The highest BCUT2D eigenvalue weighted by molar-refractivity contribution is 8.26. The van der Waals surface area contributed by atoms with Gasteiger partial charge in [-0.05, 0) is 42.3 Å². The number of para-hydroxylation sites is 1. The van der Waals surface area contributed by atoms with Crippen molar-refractivity contribution in [3.8, 4) is 22.7 Å². The van der Waals surface area contributed by atoms with Gasteiger partial charge < -0.3 is 4.74 Å². The van der Waals surface area contributed by atoms with Crippen LogP contribution in [0.3, 0.4) is 0 Å². The smallest absolute Gasteiger partial charge is 0.266 e. The molecule has 5 rings (SSSR count). The SMILES string of the molecule is CCCCCN1C(=O)/C(=C/c2cn(-c3ccccc3)nc2-c2cccc(OCc3ccccc3)c2)SC1=S. The number of thiocarbonyl (C=S) groups is 1. The van der Waals surface area contributed by atoms with Crippen molar-refractivity contribution in [1.29, 1.82) is 0 Å². The molecule has 0 aliphatic carbocycles. The summed E-state index contributed by atoms with van der Waals surface area (Å²) in [6.45, 7) is 3.29. The minimum atomic E-state index is -0.0329. The first-order chi connectivity index (χ1) is 18.6. The molecule has 1 aliphatic rings. The number of amides is 1. The van der Waals surface area contributed by atoms with Crippen LogP contribution in [0.5, 0.6) is 5.75 Å². The molecule has 0 atom stereocenters. The number of carbonyl (C=O) groups excluding carboxylic acids is 1. The molecule has 0 spiro atoms. The first-order valence-corrected chi connectivity index (χ1v) is 14.0. The maximum Gasteiger partial charge on any atom is 0.266 e. The largest absolute Gasteiger partial charge is 0.489 e. The molecule has 1 saturated heterocycles. The van der Waals surface area contributed by atoms with E-state index < -0.39 is 0 Å². The Kier molecular flexibility index (Phi) is 8.36. The Hall–Kier alpha value is -3.68. The molecule has 5 nitrogen and oxygen atoms in total. The fourth-order valence-electron chi connectivity index (χ4n) is 4.26. The van der Waals surface area contributed by atoms with E-state index in [-0.39, 0.29) is 5.91 Å². The van der Waals surface area contributed by atoms with Crippen molar-refractivity contribution in [3.63, 3.8) is 0 Å². The zero-order chi connectivity index (χ0) is 26.3. The second-order valence-electron chi connectivity index (χ2n) is 9.06. The van der Waals surface area contributed by atoms with Crippen molar-refractivity contribution in [3.05, 3.63) is 107 Å². The lowest BCUT2D eigenvalue weighted by Crippen LogP contribution is -2.28. The minimum absolute atomic E-state index is 0.0329. The summed E-state index contributed by atoms with van der Waals surface area (Å²) in [5, 5.41) is 4.93. The Balaban J connectivity index is 1.47. The quantitative estimate of drug-likeness (QED) is 0.119. The van der Waals surface area contributed by atoms with Gasteiger partial charge in [-0.2, -0.15) is 5.10 Å². The molecule has 0 radical (unpaired) electrons. The van der Waals surface area contributed by atoms with Gasteiger partial charge in [0, 0.05) is 23.9 Å². The van der Waals surface area contributed by atoms with Crippen LogP contribution in [-0.2, 0) is 11.4 Å². The van der Waals surface area contributed by atoms with Crippen LogP contribution in [0.1, 0.15) is 37.3 Å². The monoisotopic (exact) mass is 539 g/mol. The lowest BCUT2D eigenvalue weighted by Gasteiger charge is -2.13. The molecule has 2 heterocycles. The summed E-state index contributed by atoms with van der Waals surface area (Å²) in [6, 6.07) is 28.0. The van der Waals surface area contributed by atoms with Crippen LogP contribution in [0.2, 0.25) is 0 Å². The van der Waals surface area contributed by atoms with Gasteiger partial charge in [0.1, 0.15) is 22.4 Å². The molecule has 38 heavy (non-hydrogen) atoms. The molecule has 7 heteroatoms. The number of hydrogen-bond donors (Lipinski definition) is 0. The molecule has 0 saturated carbocycles. The summed E-state index contributed by atoms with van der Waals surface area (Å²) in [5.74, 6) is 0.725. The highest BCUT2D eigenvalue weighted by Gasteiger charge is 2.32. The van der Waals surface area contributed by atoms with Crippen molar-refractivity contribution in [1.82, 2.24) is 14.7 Å². The Bertz CT molecular complexity index is 1450. The van der Waals surface area contributed by atoms with Crippen molar-refractivity contribution in [2.45, 2.75) is 32.8 Å². The van der Waals surface area contributed by atoms with Crippen LogP contribution in [-0.4, -0.2) is 31.5 Å². The van der Waals surface area contributed by atoms with Crippen LogP contribution >= 0.6 is 24.0 Å². The molecule has 3 aromatic carbocycles. The third kappa shape index (κ3) is 6.06. The van der Waals surface area contributed by atoms with E-state index >= 15 is 0 Å². The van der Waals surface area contributed by atoms with Crippen molar-refractivity contribution in [2.24, 2.45) is 0 Å². The molecular formula is C31H29N3O2S2. The third-order valence-electron chi connectivity index (χ3n) is 6.26. The van der Waals surface area contributed by atoms with Gasteiger partial charge in [-0.1, -0.05) is 104 Å². The van der Waals surface area contributed by atoms with E-state index in [2.05, 4.69) is 6.92 Å². The van der Waals surface area contributed by atoms with E-state index in [1.807, 2.05) is 102 Å². The van der Waals surface area contributed by atoms with Gasteiger partial charge in [0.05, 0.1) is 10.6 Å². The Morgan fingerprint density at radius 1 is 0.974 bits per heavy atom. The molecular weight excluding hydrogens is 510 g/mol. The molecule has 1 aliphatic heterocycles. The van der Waals surface area contributed by atoms with Crippen LogP contribution in [0.25, 0.3) is 23.0 Å². The lowest BCUT2D eigenvalue weighted by molar-refractivity contribution is -0.122. The standard InChI is InChI=1S/C31H29N3O2S2/c1-2-3-10-18-33-30(35)28(38-31(33)37)20-25-21-34(26-15-8-5-9-16-26)32-29(25)24-14-11-17-27(19-24)36-22-23-12-6-4-7-13-23/h4-9,11-17,19-21H,2-3,10,18,22H2,1H3/b28-20-. The zero-order valence-electron chi connectivity index (χ0n) is 21.2. The van der Waals surface area contributed by atoms with Gasteiger partial charge in [-0.25, -0.2) is 4.68 Å². The Labute approximate surface area is 233 Å². The molecule has 0 N–H and O–H groups in total. The Morgan fingerprint density at radius 2 is 1.74 bits per heavy atom. The minimum Gasteiger partial charge on any atom is -0.489 e. The fourth-order valence-corrected chi connectivity index (χ4v) is 5.56. The van der Waals surface area contributed by atoms with Crippen LogP contribution in [0, 0.1) is 0 Å². The van der Waals surface area contributed by atoms with Crippen LogP contribution in [0.4, 0.5) is 0 Å². The number of thioether (sulfide) groups is 1. The predicted octanol–water partition coefficient (Wildman–Crippen LogP) is 7.51. The second-order valence-corrected chi connectivity index (χ2v) is 10.7. The summed E-state index contributed by atoms with van der Waals surface area (Å²) in [7, 11) is 0. The number of unbranched alkanes of at least 4 members (excludes halogenated alkanes) is 2. The summed E-state index contributed by atoms with van der Waals surface area (Å²) in [5.41, 5.74) is 4.58. The zero-order valence-corrected chi connectivity index (χ0v) is 22.9. The second kappa shape index (κ2) is 12.2. The van der Waals surface area contributed by atoms with E-state index in [0.29, 0.717) is 22.4 Å². The third-order valence-corrected chi connectivity index (χ3v) is 7.64. The number of rotatable bonds is 10. The van der Waals surface area contributed by atoms with Gasteiger partial charge in [0.15, 0.2) is 0 Å². The first kappa shape index (κ1) is 25.9. The molecule has 192 valence electrons. The average molecular weight is 540 g/mol. The Morgan fingerprint density at radius 3 is 2.50 bits per heavy atom. The summed E-state index contributed by atoms with van der Waals surface area (Å²) >= 11 is 6.90. The molecule has 1 fully saturated rings. The number of hydrogen-bond acceptors (Lipinski definition) is 5. The van der Waals surface area contributed by atoms with Crippen LogP contribution < -0.4 is 4.74 Å². The maximum absolute atomic E-state index is 13.2. The lowest BCUT2D eigenvalue weighted by atomic mass is 10.1. The van der Waals surface area contributed by atoms with E-state index in [1.54, 1.807) is 4.90 Å². The van der Waals surface area contributed by atoms with Gasteiger partial charge in [-0.3, -0.25) is 9.69 Å². The number of benzene rings is 3. The van der Waals surface area contributed by atoms with E-state index in [1.165, 1.54) is 11.8 Å².